The van der Waals surface area contributed by atoms with Gasteiger partial charge in [0.2, 0.25) is 0 Å². The number of halogens is 1. The number of pyridine rings is 1. The summed E-state index contributed by atoms with van der Waals surface area (Å²) in [5.74, 6) is -0.0997. The van der Waals surface area contributed by atoms with Gasteiger partial charge in [-0.3, -0.25) is 4.79 Å². The van der Waals surface area contributed by atoms with E-state index in [1.54, 1.807) is 23.2 Å². The molecule has 2 aromatic rings. The molecular formula is C16H15ClN2O2. The van der Waals surface area contributed by atoms with E-state index in [-0.39, 0.29) is 17.2 Å². The number of carbonyl (C=O) groups is 1. The fraction of sp³-hybridized carbons (Fsp3) is 0.250. The van der Waals surface area contributed by atoms with Gasteiger partial charge in [0.1, 0.15) is 11.3 Å². The predicted octanol–water partition coefficient (Wildman–Crippen LogP) is 2.95. The molecule has 2 heterocycles. The Labute approximate surface area is 128 Å². The van der Waals surface area contributed by atoms with E-state index in [1.807, 2.05) is 30.3 Å². The number of hydrogen-bond acceptors (Lipinski definition) is 3. The van der Waals surface area contributed by atoms with Crippen molar-refractivity contribution in [3.8, 4) is 0 Å². The normalized spacial score (nSPS) is 18.5. The zero-order valence-electron chi connectivity index (χ0n) is 11.4. The van der Waals surface area contributed by atoms with Crippen molar-refractivity contribution in [2.24, 2.45) is 0 Å². The van der Waals surface area contributed by atoms with Crippen LogP contribution < -0.4 is 0 Å². The van der Waals surface area contributed by atoms with Crippen LogP contribution in [0.2, 0.25) is 5.15 Å². The molecule has 1 aliphatic heterocycles. The van der Waals surface area contributed by atoms with Gasteiger partial charge in [-0.05, 0) is 17.7 Å². The molecule has 0 saturated carbocycles. The van der Waals surface area contributed by atoms with Crippen molar-refractivity contribution in [2.45, 2.75) is 6.10 Å². The number of amides is 1. The first kappa shape index (κ1) is 14.0. The number of aromatic nitrogens is 1. The maximum absolute atomic E-state index is 12.5. The lowest BCUT2D eigenvalue weighted by Crippen LogP contribution is -2.42. The molecule has 1 saturated heterocycles. The molecule has 1 fully saturated rings. The second-order valence-corrected chi connectivity index (χ2v) is 5.22. The van der Waals surface area contributed by atoms with E-state index < -0.39 is 0 Å². The molecule has 1 aromatic heterocycles. The topological polar surface area (TPSA) is 42.4 Å². The van der Waals surface area contributed by atoms with E-state index in [4.69, 9.17) is 16.3 Å². The molecule has 0 spiro atoms. The number of rotatable bonds is 2. The molecule has 21 heavy (non-hydrogen) atoms. The maximum atomic E-state index is 12.5. The fourth-order valence-corrected chi connectivity index (χ4v) is 2.62. The average molecular weight is 303 g/mol. The van der Waals surface area contributed by atoms with Gasteiger partial charge in [0.15, 0.2) is 0 Å². The molecular weight excluding hydrogens is 288 g/mol. The summed E-state index contributed by atoms with van der Waals surface area (Å²) >= 11 is 6.00. The highest BCUT2D eigenvalue weighted by Gasteiger charge is 2.27. The molecule has 1 atom stereocenters. The Kier molecular flexibility index (Phi) is 4.18. The highest BCUT2D eigenvalue weighted by atomic mass is 35.5. The van der Waals surface area contributed by atoms with Crippen LogP contribution in [0, 0.1) is 0 Å². The van der Waals surface area contributed by atoms with E-state index >= 15 is 0 Å². The first-order chi connectivity index (χ1) is 10.3. The van der Waals surface area contributed by atoms with Crippen molar-refractivity contribution in [3.05, 3.63) is 64.9 Å². The third-order valence-electron chi connectivity index (χ3n) is 3.51. The smallest absolute Gasteiger partial charge is 0.257 e. The Balaban J connectivity index is 1.77. The Morgan fingerprint density at radius 3 is 2.81 bits per heavy atom. The van der Waals surface area contributed by atoms with E-state index in [0.717, 1.165) is 5.56 Å². The van der Waals surface area contributed by atoms with Crippen molar-refractivity contribution < 1.29 is 9.53 Å². The second kappa shape index (κ2) is 6.24. The summed E-state index contributed by atoms with van der Waals surface area (Å²) in [7, 11) is 0. The summed E-state index contributed by atoms with van der Waals surface area (Å²) in [5.41, 5.74) is 1.51. The summed E-state index contributed by atoms with van der Waals surface area (Å²) in [5, 5.41) is 0.241. The van der Waals surface area contributed by atoms with Crippen LogP contribution in [0.25, 0.3) is 0 Å². The standard InChI is InChI=1S/C16H15ClN2O2/c17-15-13(7-4-8-18-15)16(20)19-9-10-21-14(11-19)12-5-2-1-3-6-12/h1-8,14H,9-11H2/t14-/m0/s1. The number of benzene rings is 1. The van der Waals surface area contributed by atoms with Crippen LogP contribution in [0.15, 0.2) is 48.7 Å². The fourth-order valence-electron chi connectivity index (χ4n) is 2.42. The quantitative estimate of drug-likeness (QED) is 0.801. The number of hydrogen-bond donors (Lipinski definition) is 0. The number of ether oxygens (including phenoxy) is 1. The number of morpholine rings is 1. The molecule has 1 aliphatic rings. The van der Waals surface area contributed by atoms with Gasteiger partial charge in [-0.25, -0.2) is 4.98 Å². The molecule has 0 radical (unpaired) electrons. The first-order valence-corrected chi connectivity index (χ1v) is 7.20. The minimum Gasteiger partial charge on any atom is -0.370 e. The summed E-state index contributed by atoms with van der Waals surface area (Å²) in [6.45, 7) is 1.60. The minimum atomic E-state index is -0.0997. The van der Waals surface area contributed by atoms with Crippen LogP contribution in [0.1, 0.15) is 22.0 Å². The summed E-state index contributed by atoms with van der Waals surface area (Å²) < 4.78 is 5.77. The van der Waals surface area contributed by atoms with E-state index in [1.165, 1.54) is 0 Å². The van der Waals surface area contributed by atoms with E-state index in [0.29, 0.717) is 25.3 Å². The zero-order valence-corrected chi connectivity index (χ0v) is 12.2. The van der Waals surface area contributed by atoms with Gasteiger partial charge < -0.3 is 9.64 Å². The highest BCUT2D eigenvalue weighted by molar-refractivity contribution is 6.32. The molecule has 3 rings (SSSR count). The van der Waals surface area contributed by atoms with Gasteiger partial charge >= 0.3 is 0 Å². The largest absolute Gasteiger partial charge is 0.370 e. The molecule has 0 unspecified atom stereocenters. The van der Waals surface area contributed by atoms with Crippen molar-refractivity contribution in [3.63, 3.8) is 0 Å². The van der Waals surface area contributed by atoms with Crippen LogP contribution in [-0.2, 0) is 4.74 Å². The van der Waals surface area contributed by atoms with Gasteiger partial charge in [0, 0.05) is 12.7 Å². The molecule has 5 heteroatoms. The number of nitrogens with zero attached hydrogens (tertiary/aromatic N) is 2. The van der Waals surface area contributed by atoms with Gasteiger partial charge in [-0.2, -0.15) is 0 Å². The maximum Gasteiger partial charge on any atom is 0.257 e. The average Bonchev–Trinajstić information content (AvgIpc) is 2.56. The Morgan fingerprint density at radius 1 is 1.24 bits per heavy atom. The summed E-state index contributed by atoms with van der Waals surface area (Å²) in [4.78, 5) is 18.3. The Hall–Kier alpha value is -1.91. The van der Waals surface area contributed by atoms with E-state index in [9.17, 15) is 4.79 Å². The zero-order chi connectivity index (χ0) is 14.7. The van der Waals surface area contributed by atoms with Gasteiger partial charge in [-0.1, -0.05) is 41.9 Å². The van der Waals surface area contributed by atoms with Crippen molar-refractivity contribution in [1.82, 2.24) is 9.88 Å². The lowest BCUT2D eigenvalue weighted by Gasteiger charge is -2.33. The SMILES string of the molecule is O=C(c1cccnc1Cl)N1CCO[C@H](c2ccccc2)C1. The lowest BCUT2D eigenvalue weighted by atomic mass is 10.1. The molecule has 0 N–H and O–H groups in total. The van der Waals surface area contributed by atoms with Crippen LogP contribution >= 0.6 is 11.6 Å². The molecule has 108 valence electrons. The summed E-state index contributed by atoms with van der Waals surface area (Å²) in [6.07, 6.45) is 1.48. The lowest BCUT2D eigenvalue weighted by molar-refractivity contribution is -0.0228. The first-order valence-electron chi connectivity index (χ1n) is 6.82. The Morgan fingerprint density at radius 2 is 2.05 bits per heavy atom. The minimum absolute atomic E-state index is 0.0978. The predicted molar refractivity (Wildman–Crippen MR) is 80.3 cm³/mol. The van der Waals surface area contributed by atoms with Crippen LogP contribution in [0.3, 0.4) is 0 Å². The Bertz CT molecular complexity index is 633. The van der Waals surface area contributed by atoms with Gasteiger partial charge in [-0.15, -0.1) is 0 Å². The van der Waals surface area contributed by atoms with Gasteiger partial charge in [0.25, 0.3) is 5.91 Å². The highest BCUT2D eigenvalue weighted by Crippen LogP contribution is 2.24. The van der Waals surface area contributed by atoms with Gasteiger partial charge in [0.05, 0.1) is 18.7 Å². The third-order valence-corrected chi connectivity index (χ3v) is 3.82. The monoisotopic (exact) mass is 302 g/mol. The molecule has 0 bridgehead atoms. The van der Waals surface area contributed by atoms with Crippen LogP contribution in [0.4, 0.5) is 0 Å². The van der Waals surface area contributed by atoms with Crippen molar-refractivity contribution in [1.29, 1.82) is 0 Å². The summed E-state index contributed by atoms with van der Waals surface area (Å²) in [6, 6.07) is 13.3. The van der Waals surface area contributed by atoms with Crippen LogP contribution in [0.5, 0.6) is 0 Å². The molecule has 1 amide bonds. The van der Waals surface area contributed by atoms with Crippen molar-refractivity contribution >= 4 is 17.5 Å². The van der Waals surface area contributed by atoms with Crippen LogP contribution in [-0.4, -0.2) is 35.5 Å². The van der Waals surface area contributed by atoms with Crippen molar-refractivity contribution in [2.75, 3.05) is 19.7 Å². The third kappa shape index (κ3) is 3.06. The molecule has 4 nitrogen and oxygen atoms in total. The number of carbonyl (C=O) groups excluding carboxylic acids is 1. The molecule has 1 aromatic carbocycles. The molecule has 0 aliphatic carbocycles. The van der Waals surface area contributed by atoms with E-state index in [2.05, 4.69) is 4.98 Å². The second-order valence-electron chi connectivity index (χ2n) is 4.86.